The largest absolute Gasteiger partial charge is 0.343 e. The molecule has 0 aliphatic carbocycles. The molecule has 2 rings (SSSR count). The minimum absolute atomic E-state index is 0.0186. The monoisotopic (exact) mass is 367 g/mol. The van der Waals surface area contributed by atoms with E-state index in [1.54, 1.807) is 0 Å². The van der Waals surface area contributed by atoms with E-state index in [-0.39, 0.29) is 18.1 Å². The summed E-state index contributed by atoms with van der Waals surface area (Å²) < 4.78 is 0. The van der Waals surface area contributed by atoms with Crippen LogP contribution in [0.4, 0.5) is 11.4 Å². The van der Waals surface area contributed by atoms with Gasteiger partial charge in [0, 0.05) is 23.9 Å². The topological polar surface area (TPSA) is 101 Å². The van der Waals surface area contributed by atoms with Crippen LogP contribution in [-0.2, 0) is 9.59 Å². The van der Waals surface area contributed by atoms with E-state index in [1.165, 1.54) is 36.4 Å². The fourth-order valence-electron chi connectivity index (χ4n) is 2.67. The van der Waals surface area contributed by atoms with Gasteiger partial charge in [-0.3, -0.25) is 19.7 Å². The molecule has 0 bridgehead atoms. The number of nitro groups is 1. The molecule has 0 aliphatic heterocycles. The van der Waals surface area contributed by atoms with E-state index >= 15 is 0 Å². The minimum Gasteiger partial charge on any atom is -0.343 e. The number of nitrogens with one attached hydrogen (secondary N) is 2. The number of rotatable bonds is 6. The van der Waals surface area contributed by atoms with Crippen molar-refractivity contribution in [2.24, 2.45) is 0 Å². The fourth-order valence-corrected chi connectivity index (χ4v) is 2.67. The summed E-state index contributed by atoms with van der Waals surface area (Å²) in [6.07, 6.45) is 2.79. The van der Waals surface area contributed by atoms with Gasteiger partial charge in [-0.05, 0) is 55.7 Å². The molecule has 0 saturated heterocycles. The lowest BCUT2D eigenvalue weighted by Crippen LogP contribution is -2.32. The van der Waals surface area contributed by atoms with Gasteiger partial charge in [-0.1, -0.05) is 17.7 Å². The molecular formula is C20H21N3O4. The van der Waals surface area contributed by atoms with Crippen LogP contribution < -0.4 is 10.6 Å². The number of nitro benzene ring substituents is 1. The van der Waals surface area contributed by atoms with Gasteiger partial charge in [0.15, 0.2) is 0 Å². The summed E-state index contributed by atoms with van der Waals surface area (Å²) in [5.41, 5.74) is 4.42. The van der Waals surface area contributed by atoms with Crippen LogP contribution in [0.1, 0.15) is 22.3 Å². The highest BCUT2D eigenvalue weighted by atomic mass is 16.6. The molecule has 2 amide bonds. The second-order valence-corrected chi connectivity index (χ2v) is 6.22. The number of hydrogen-bond donors (Lipinski definition) is 2. The number of non-ortho nitro benzene ring substituents is 1. The molecular weight excluding hydrogens is 346 g/mol. The number of carbonyl (C=O) groups excluding carboxylic acids is 2. The van der Waals surface area contributed by atoms with E-state index < -0.39 is 10.8 Å². The van der Waals surface area contributed by atoms with Crippen LogP contribution in [0.5, 0.6) is 0 Å². The summed E-state index contributed by atoms with van der Waals surface area (Å²) in [4.78, 5) is 34.0. The third-order valence-electron chi connectivity index (χ3n) is 3.90. The quantitative estimate of drug-likeness (QED) is 0.465. The van der Waals surface area contributed by atoms with Crippen molar-refractivity contribution in [1.82, 2.24) is 5.32 Å². The molecule has 0 atom stereocenters. The molecule has 27 heavy (non-hydrogen) atoms. The van der Waals surface area contributed by atoms with Crippen molar-refractivity contribution in [3.8, 4) is 0 Å². The van der Waals surface area contributed by atoms with Crippen molar-refractivity contribution in [2.75, 3.05) is 11.9 Å². The molecule has 7 heteroatoms. The Morgan fingerprint density at radius 1 is 1.07 bits per heavy atom. The summed E-state index contributed by atoms with van der Waals surface area (Å²) in [7, 11) is 0. The molecule has 2 aromatic carbocycles. The number of carbonyl (C=O) groups is 2. The first-order chi connectivity index (χ1) is 12.8. The smallest absolute Gasteiger partial charge is 0.269 e. The van der Waals surface area contributed by atoms with Crippen LogP contribution >= 0.6 is 0 Å². The Kier molecular flexibility index (Phi) is 6.43. The molecule has 0 fully saturated rings. The molecule has 2 aromatic rings. The van der Waals surface area contributed by atoms with Crippen molar-refractivity contribution < 1.29 is 14.5 Å². The van der Waals surface area contributed by atoms with Gasteiger partial charge in [-0.25, -0.2) is 0 Å². The maximum absolute atomic E-state index is 12.1. The van der Waals surface area contributed by atoms with E-state index in [0.717, 1.165) is 22.4 Å². The van der Waals surface area contributed by atoms with Crippen LogP contribution in [0, 0.1) is 30.9 Å². The molecule has 0 saturated carbocycles. The first-order valence-electron chi connectivity index (χ1n) is 8.34. The Morgan fingerprint density at radius 2 is 1.67 bits per heavy atom. The first-order valence-corrected chi connectivity index (χ1v) is 8.34. The summed E-state index contributed by atoms with van der Waals surface area (Å²) in [5, 5.41) is 15.9. The molecule has 0 unspecified atom stereocenters. The van der Waals surface area contributed by atoms with Crippen molar-refractivity contribution in [2.45, 2.75) is 20.8 Å². The molecule has 0 heterocycles. The highest BCUT2D eigenvalue weighted by Crippen LogP contribution is 2.21. The van der Waals surface area contributed by atoms with Gasteiger partial charge in [0.2, 0.25) is 11.8 Å². The third-order valence-corrected chi connectivity index (χ3v) is 3.90. The zero-order valence-electron chi connectivity index (χ0n) is 15.4. The highest BCUT2D eigenvalue weighted by Gasteiger charge is 2.09. The Morgan fingerprint density at radius 3 is 2.22 bits per heavy atom. The molecule has 0 radical (unpaired) electrons. The normalized spacial score (nSPS) is 10.6. The second-order valence-electron chi connectivity index (χ2n) is 6.22. The predicted octanol–water partition coefficient (Wildman–Crippen LogP) is 3.29. The van der Waals surface area contributed by atoms with E-state index in [0.29, 0.717) is 5.56 Å². The Labute approximate surface area is 157 Å². The van der Waals surface area contributed by atoms with Crippen molar-refractivity contribution in [1.29, 1.82) is 0 Å². The number of benzene rings is 2. The molecule has 7 nitrogen and oxygen atoms in total. The Hall–Kier alpha value is -3.48. The van der Waals surface area contributed by atoms with Crippen LogP contribution in [0.3, 0.4) is 0 Å². The maximum atomic E-state index is 12.1. The van der Waals surface area contributed by atoms with Gasteiger partial charge in [0.1, 0.15) is 0 Å². The maximum Gasteiger partial charge on any atom is 0.269 e. The number of aryl methyl sites for hydroxylation is 3. The Balaban J connectivity index is 1.88. The van der Waals surface area contributed by atoms with Crippen LogP contribution in [0.2, 0.25) is 0 Å². The van der Waals surface area contributed by atoms with Gasteiger partial charge >= 0.3 is 0 Å². The molecule has 0 spiro atoms. The van der Waals surface area contributed by atoms with Crippen LogP contribution in [-0.4, -0.2) is 23.3 Å². The summed E-state index contributed by atoms with van der Waals surface area (Å²) in [6, 6.07) is 9.76. The predicted molar refractivity (Wildman–Crippen MR) is 104 cm³/mol. The number of anilines is 1. The summed E-state index contributed by atoms with van der Waals surface area (Å²) in [6.45, 7) is 5.67. The average molecular weight is 367 g/mol. The lowest BCUT2D eigenvalue weighted by Gasteiger charge is -2.13. The van der Waals surface area contributed by atoms with E-state index in [2.05, 4.69) is 10.6 Å². The van der Waals surface area contributed by atoms with Gasteiger partial charge in [-0.2, -0.15) is 0 Å². The van der Waals surface area contributed by atoms with Gasteiger partial charge in [0.05, 0.1) is 11.5 Å². The van der Waals surface area contributed by atoms with Gasteiger partial charge < -0.3 is 10.6 Å². The number of hydrogen-bond acceptors (Lipinski definition) is 4. The third kappa shape index (κ3) is 5.78. The second kappa shape index (κ2) is 8.75. The van der Waals surface area contributed by atoms with Gasteiger partial charge in [-0.15, -0.1) is 0 Å². The molecule has 2 N–H and O–H groups in total. The van der Waals surface area contributed by atoms with Crippen LogP contribution in [0.25, 0.3) is 6.08 Å². The van der Waals surface area contributed by atoms with E-state index in [1.807, 2.05) is 32.9 Å². The SMILES string of the molecule is Cc1cc(C)c(NC(=O)CNC(=O)/C=C/c2ccc([N+](=O)[O-])cc2)c(C)c1. The molecule has 0 aromatic heterocycles. The van der Waals surface area contributed by atoms with E-state index in [9.17, 15) is 19.7 Å². The fraction of sp³-hybridized carbons (Fsp3) is 0.200. The minimum atomic E-state index is -0.490. The highest BCUT2D eigenvalue weighted by molar-refractivity contribution is 5.98. The van der Waals surface area contributed by atoms with Crippen LogP contribution in [0.15, 0.2) is 42.5 Å². The molecule has 0 aliphatic rings. The standard InChI is InChI=1S/C20H21N3O4/c1-13-10-14(2)20(15(3)11-13)22-19(25)12-21-18(24)9-6-16-4-7-17(8-5-16)23(26)27/h4-11H,12H2,1-3H3,(H,21,24)(H,22,25)/b9-6+. The zero-order valence-corrected chi connectivity index (χ0v) is 15.4. The van der Waals surface area contributed by atoms with Crippen molar-refractivity contribution >= 4 is 29.3 Å². The van der Waals surface area contributed by atoms with Gasteiger partial charge in [0.25, 0.3) is 5.69 Å². The zero-order chi connectivity index (χ0) is 20.0. The lowest BCUT2D eigenvalue weighted by molar-refractivity contribution is -0.384. The average Bonchev–Trinajstić information content (AvgIpc) is 2.61. The lowest BCUT2D eigenvalue weighted by atomic mass is 10.1. The van der Waals surface area contributed by atoms with E-state index in [4.69, 9.17) is 0 Å². The first kappa shape index (κ1) is 19.8. The number of amides is 2. The Bertz CT molecular complexity index is 879. The molecule has 140 valence electrons. The summed E-state index contributed by atoms with van der Waals surface area (Å²) >= 11 is 0. The summed E-state index contributed by atoms with van der Waals surface area (Å²) in [5.74, 6) is -0.747. The van der Waals surface area contributed by atoms with Crippen molar-refractivity contribution in [3.05, 3.63) is 74.8 Å². The van der Waals surface area contributed by atoms with Crippen molar-refractivity contribution in [3.63, 3.8) is 0 Å². The number of nitrogens with zero attached hydrogens (tertiary/aromatic N) is 1.